The standard InChI is InChI=1S/C19H18N2O4/c1-14-7-9-16(10-8-14)25-12-11-20-17(22)18(23)21(19(20)24)13-15-5-3-2-4-6-15/h2-10H,11-13H2,1H3. The third-order valence-corrected chi connectivity index (χ3v) is 3.92. The maximum atomic E-state index is 12.4. The molecule has 2 aromatic carbocycles. The van der Waals surface area contributed by atoms with Crippen LogP contribution in [-0.4, -0.2) is 40.8 Å². The Hall–Kier alpha value is -3.15. The summed E-state index contributed by atoms with van der Waals surface area (Å²) < 4.78 is 5.53. The molecule has 1 heterocycles. The predicted octanol–water partition coefficient (Wildman–Crippen LogP) is 2.36. The number of hydrogen-bond acceptors (Lipinski definition) is 4. The van der Waals surface area contributed by atoms with Gasteiger partial charge in [0.25, 0.3) is 0 Å². The topological polar surface area (TPSA) is 66.9 Å². The van der Waals surface area contributed by atoms with E-state index in [0.717, 1.165) is 20.9 Å². The molecule has 6 nitrogen and oxygen atoms in total. The van der Waals surface area contributed by atoms with Gasteiger partial charge in [0.1, 0.15) is 12.4 Å². The van der Waals surface area contributed by atoms with Crippen molar-refractivity contribution < 1.29 is 19.1 Å². The van der Waals surface area contributed by atoms with Crippen LogP contribution in [0.2, 0.25) is 0 Å². The summed E-state index contributed by atoms with van der Waals surface area (Å²) in [5, 5.41) is 0. The number of amides is 4. The molecule has 0 atom stereocenters. The van der Waals surface area contributed by atoms with Gasteiger partial charge in [0.15, 0.2) is 0 Å². The summed E-state index contributed by atoms with van der Waals surface area (Å²) >= 11 is 0. The first-order valence-corrected chi connectivity index (χ1v) is 7.97. The molecule has 0 spiro atoms. The Morgan fingerprint density at radius 2 is 1.48 bits per heavy atom. The number of imide groups is 2. The highest BCUT2D eigenvalue weighted by Crippen LogP contribution is 2.16. The van der Waals surface area contributed by atoms with Crippen molar-refractivity contribution in [3.05, 3.63) is 65.7 Å². The smallest absolute Gasteiger partial charge is 0.334 e. The zero-order valence-corrected chi connectivity index (χ0v) is 13.8. The van der Waals surface area contributed by atoms with Crippen molar-refractivity contribution in [1.82, 2.24) is 9.80 Å². The number of aryl methyl sites for hydroxylation is 1. The number of carbonyl (C=O) groups is 3. The zero-order chi connectivity index (χ0) is 17.8. The normalized spacial score (nSPS) is 14.4. The maximum absolute atomic E-state index is 12.4. The molecule has 0 saturated carbocycles. The fourth-order valence-corrected chi connectivity index (χ4v) is 2.54. The molecule has 1 fully saturated rings. The van der Waals surface area contributed by atoms with Gasteiger partial charge in [-0.25, -0.2) is 4.79 Å². The van der Waals surface area contributed by atoms with Gasteiger partial charge in [-0.3, -0.25) is 19.4 Å². The Bertz CT molecular complexity index is 787. The highest BCUT2D eigenvalue weighted by atomic mass is 16.5. The largest absolute Gasteiger partial charge is 0.492 e. The first-order chi connectivity index (χ1) is 12.1. The minimum absolute atomic E-state index is 0.0303. The third-order valence-electron chi connectivity index (χ3n) is 3.92. The molecule has 1 aliphatic heterocycles. The minimum atomic E-state index is -0.812. The number of rotatable bonds is 6. The molecule has 25 heavy (non-hydrogen) atoms. The number of hydrogen-bond donors (Lipinski definition) is 0. The van der Waals surface area contributed by atoms with Crippen molar-refractivity contribution in [2.24, 2.45) is 0 Å². The summed E-state index contributed by atoms with van der Waals surface area (Å²) in [5.41, 5.74) is 1.90. The van der Waals surface area contributed by atoms with E-state index in [0.29, 0.717) is 5.75 Å². The van der Waals surface area contributed by atoms with Gasteiger partial charge in [0, 0.05) is 0 Å². The van der Waals surface area contributed by atoms with Gasteiger partial charge in [-0.1, -0.05) is 48.0 Å². The lowest BCUT2D eigenvalue weighted by molar-refractivity contribution is -0.143. The summed E-state index contributed by atoms with van der Waals surface area (Å²) in [6.45, 7) is 2.22. The molecule has 0 radical (unpaired) electrons. The van der Waals surface area contributed by atoms with Crippen LogP contribution in [-0.2, 0) is 16.1 Å². The van der Waals surface area contributed by atoms with Crippen LogP contribution in [0.4, 0.5) is 4.79 Å². The summed E-state index contributed by atoms with van der Waals surface area (Å²) in [7, 11) is 0. The van der Waals surface area contributed by atoms with Crippen LogP contribution in [0.25, 0.3) is 0 Å². The maximum Gasteiger partial charge on any atom is 0.334 e. The van der Waals surface area contributed by atoms with Gasteiger partial charge in [-0.15, -0.1) is 0 Å². The van der Waals surface area contributed by atoms with Crippen molar-refractivity contribution in [2.75, 3.05) is 13.2 Å². The number of nitrogens with zero attached hydrogens (tertiary/aromatic N) is 2. The van der Waals surface area contributed by atoms with Crippen molar-refractivity contribution in [2.45, 2.75) is 13.5 Å². The van der Waals surface area contributed by atoms with Gasteiger partial charge >= 0.3 is 17.8 Å². The van der Waals surface area contributed by atoms with Crippen LogP contribution in [0.3, 0.4) is 0 Å². The van der Waals surface area contributed by atoms with E-state index in [1.165, 1.54) is 0 Å². The Labute approximate surface area is 145 Å². The van der Waals surface area contributed by atoms with Crippen LogP contribution in [0, 0.1) is 6.92 Å². The molecule has 0 bridgehead atoms. The molecule has 2 aromatic rings. The van der Waals surface area contributed by atoms with E-state index >= 15 is 0 Å². The van der Waals surface area contributed by atoms with Crippen LogP contribution >= 0.6 is 0 Å². The summed E-state index contributed by atoms with van der Waals surface area (Å²) in [6.07, 6.45) is 0. The first-order valence-electron chi connectivity index (χ1n) is 7.97. The number of benzene rings is 2. The van der Waals surface area contributed by atoms with Crippen molar-refractivity contribution >= 4 is 17.8 Å². The minimum Gasteiger partial charge on any atom is -0.492 e. The van der Waals surface area contributed by atoms with Crippen molar-refractivity contribution in [3.8, 4) is 5.75 Å². The molecule has 0 aliphatic carbocycles. The van der Waals surface area contributed by atoms with E-state index < -0.39 is 17.8 Å². The second-order valence-corrected chi connectivity index (χ2v) is 5.78. The van der Waals surface area contributed by atoms with Crippen LogP contribution < -0.4 is 4.74 Å². The second-order valence-electron chi connectivity index (χ2n) is 5.78. The van der Waals surface area contributed by atoms with Gasteiger partial charge in [0.2, 0.25) is 0 Å². The molecular weight excluding hydrogens is 320 g/mol. The predicted molar refractivity (Wildman–Crippen MR) is 90.8 cm³/mol. The third kappa shape index (κ3) is 3.68. The van der Waals surface area contributed by atoms with Crippen LogP contribution in [0.5, 0.6) is 5.75 Å². The second kappa shape index (κ2) is 7.17. The fraction of sp³-hybridized carbons (Fsp3) is 0.211. The summed E-state index contributed by atoms with van der Waals surface area (Å²) in [4.78, 5) is 38.4. The lowest BCUT2D eigenvalue weighted by Crippen LogP contribution is -2.35. The lowest BCUT2D eigenvalue weighted by Gasteiger charge is -2.16. The van der Waals surface area contributed by atoms with Crippen LogP contribution in [0.15, 0.2) is 54.6 Å². The van der Waals surface area contributed by atoms with E-state index in [4.69, 9.17) is 4.74 Å². The van der Waals surface area contributed by atoms with Gasteiger partial charge in [-0.2, -0.15) is 0 Å². The van der Waals surface area contributed by atoms with Gasteiger partial charge in [-0.05, 0) is 24.6 Å². The summed E-state index contributed by atoms with van der Waals surface area (Å²) in [6, 6.07) is 15.9. The number of urea groups is 1. The van der Waals surface area contributed by atoms with E-state index in [2.05, 4.69) is 0 Å². The van der Waals surface area contributed by atoms with E-state index in [9.17, 15) is 14.4 Å². The Kier molecular flexibility index (Phi) is 4.79. The van der Waals surface area contributed by atoms with Crippen molar-refractivity contribution in [1.29, 1.82) is 0 Å². The lowest BCUT2D eigenvalue weighted by atomic mass is 10.2. The van der Waals surface area contributed by atoms with Gasteiger partial charge < -0.3 is 4.74 Å². The molecular formula is C19H18N2O4. The fourth-order valence-electron chi connectivity index (χ4n) is 2.54. The monoisotopic (exact) mass is 338 g/mol. The molecule has 4 amide bonds. The van der Waals surface area contributed by atoms with Crippen LogP contribution in [0.1, 0.15) is 11.1 Å². The molecule has 1 saturated heterocycles. The van der Waals surface area contributed by atoms with E-state index in [-0.39, 0.29) is 19.7 Å². The number of carbonyl (C=O) groups excluding carboxylic acids is 3. The Balaban J connectivity index is 1.60. The molecule has 3 rings (SSSR count). The molecule has 1 aliphatic rings. The van der Waals surface area contributed by atoms with Gasteiger partial charge in [0.05, 0.1) is 13.1 Å². The first kappa shape index (κ1) is 16.7. The molecule has 0 N–H and O–H groups in total. The highest BCUT2D eigenvalue weighted by molar-refractivity contribution is 6.44. The Morgan fingerprint density at radius 1 is 0.840 bits per heavy atom. The molecule has 128 valence electrons. The Morgan fingerprint density at radius 3 is 2.16 bits per heavy atom. The van der Waals surface area contributed by atoms with E-state index in [1.807, 2.05) is 49.4 Å². The molecule has 0 unspecified atom stereocenters. The van der Waals surface area contributed by atoms with E-state index in [1.54, 1.807) is 12.1 Å². The quantitative estimate of drug-likeness (QED) is 0.599. The average Bonchev–Trinajstić information content (AvgIpc) is 2.82. The van der Waals surface area contributed by atoms with Crippen molar-refractivity contribution in [3.63, 3.8) is 0 Å². The SMILES string of the molecule is Cc1ccc(OCCN2C(=O)C(=O)N(Cc3ccccc3)C2=O)cc1. The average molecular weight is 338 g/mol. The zero-order valence-electron chi connectivity index (χ0n) is 13.8. The highest BCUT2D eigenvalue weighted by Gasteiger charge is 2.44. The molecule has 6 heteroatoms. The summed E-state index contributed by atoms with van der Waals surface area (Å²) in [5.74, 6) is -0.963. The molecule has 0 aromatic heterocycles. The number of ether oxygens (including phenoxy) is 1.